The molecule has 0 aliphatic rings. The van der Waals surface area contributed by atoms with E-state index in [0.717, 1.165) is 13.0 Å². The third-order valence-electron chi connectivity index (χ3n) is 2.79. The highest BCUT2D eigenvalue weighted by atomic mass is 16.5. The molecule has 0 fully saturated rings. The van der Waals surface area contributed by atoms with Gasteiger partial charge in [0.1, 0.15) is 0 Å². The maximum atomic E-state index is 5.26. The van der Waals surface area contributed by atoms with Crippen molar-refractivity contribution in [2.75, 3.05) is 39.3 Å². The molecule has 3 heteroatoms. The van der Waals surface area contributed by atoms with Crippen LogP contribution in [0.2, 0.25) is 0 Å². The Hall–Kier alpha value is -1.06. The fourth-order valence-electron chi connectivity index (χ4n) is 1.76. The summed E-state index contributed by atoms with van der Waals surface area (Å²) in [5, 5.41) is 3.50. The zero-order chi connectivity index (χ0) is 12.7. The SMILES string of the molecule is CCCNC(COC)c1ccc(N(C)C)cc1. The number of benzene rings is 1. The third kappa shape index (κ3) is 4.36. The lowest BCUT2D eigenvalue weighted by Crippen LogP contribution is -2.25. The third-order valence-corrected chi connectivity index (χ3v) is 2.79. The number of anilines is 1. The monoisotopic (exact) mass is 236 g/mol. The lowest BCUT2D eigenvalue weighted by atomic mass is 10.1. The Morgan fingerprint density at radius 1 is 1.24 bits per heavy atom. The first-order valence-electron chi connectivity index (χ1n) is 6.18. The van der Waals surface area contributed by atoms with E-state index in [2.05, 4.69) is 55.5 Å². The summed E-state index contributed by atoms with van der Waals surface area (Å²) in [5.41, 5.74) is 2.51. The van der Waals surface area contributed by atoms with Gasteiger partial charge in [0.25, 0.3) is 0 Å². The number of ether oxygens (including phenoxy) is 1. The molecule has 0 heterocycles. The summed E-state index contributed by atoms with van der Waals surface area (Å²) in [5.74, 6) is 0. The minimum absolute atomic E-state index is 0.288. The van der Waals surface area contributed by atoms with Crippen molar-refractivity contribution in [1.82, 2.24) is 5.32 Å². The first kappa shape index (κ1) is 14.0. The van der Waals surface area contributed by atoms with Crippen LogP contribution in [0, 0.1) is 0 Å². The summed E-state index contributed by atoms with van der Waals surface area (Å²) in [4.78, 5) is 2.11. The molecule has 0 aromatic heterocycles. The topological polar surface area (TPSA) is 24.5 Å². The molecule has 0 amide bonds. The summed E-state index contributed by atoms with van der Waals surface area (Å²) in [7, 11) is 5.85. The van der Waals surface area contributed by atoms with Gasteiger partial charge >= 0.3 is 0 Å². The van der Waals surface area contributed by atoms with Crippen molar-refractivity contribution in [2.45, 2.75) is 19.4 Å². The number of methoxy groups -OCH3 is 1. The molecule has 0 radical (unpaired) electrons. The normalized spacial score (nSPS) is 12.5. The molecule has 0 aliphatic carbocycles. The van der Waals surface area contributed by atoms with Crippen LogP contribution in [0.3, 0.4) is 0 Å². The quantitative estimate of drug-likeness (QED) is 0.787. The van der Waals surface area contributed by atoms with Gasteiger partial charge in [-0.2, -0.15) is 0 Å². The van der Waals surface area contributed by atoms with Crippen LogP contribution in [-0.2, 0) is 4.74 Å². The molecule has 0 aliphatic heterocycles. The first-order valence-corrected chi connectivity index (χ1v) is 6.18. The predicted octanol–water partition coefficient (Wildman–Crippen LogP) is 2.44. The Kier molecular flexibility index (Phi) is 6.01. The van der Waals surface area contributed by atoms with Gasteiger partial charge in [0, 0.05) is 26.9 Å². The van der Waals surface area contributed by atoms with Gasteiger partial charge < -0.3 is 15.0 Å². The van der Waals surface area contributed by atoms with E-state index in [1.165, 1.54) is 11.3 Å². The second kappa shape index (κ2) is 7.30. The molecule has 0 saturated carbocycles. The molecular formula is C14H24N2O. The van der Waals surface area contributed by atoms with Crippen LogP contribution in [-0.4, -0.2) is 34.4 Å². The van der Waals surface area contributed by atoms with E-state index in [1.807, 2.05) is 0 Å². The van der Waals surface area contributed by atoms with E-state index >= 15 is 0 Å². The minimum Gasteiger partial charge on any atom is -0.383 e. The number of hydrogen-bond acceptors (Lipinski definition) is 3. The largest absolute Gasteiger partial charge is 0.383 e. The molecule has 3 nitrogen and oxygen atoms in total. The molecule has 17 heavy (non-hydrogen) atoms. The molecule has 1 rings (SSSR count). The number of nitrogens with zero attached hydrogens (tertiary/aromatic N) is 1. The van der Waals surface area contributed by atoms with Crippen molar-refractivity contribution < 1.29 is 4.74 Å². The fourth-order valence-corrected chi connectivity index (χ4v) is 1.76. The number of hydrogen-bond donors (Lipinski definition) is 1. The molecular weight excluding hydrogens is 212 g/mol. The molecule has 0 saturated heterocycles. The van der Waals surface area contributed by atoms with Crippen molar-refractivity contribution in [2.24, 2.45) is 0 Å². The standard InChI is InChI=1S/C14H24N2O/c1-5-10-15-14(11-17-4)12-6-8-13(9-7-12)16(2)3/h6-9,14-15H,5,10-11H2,1-4H3. The Labute approximate surface area is 105 Å². The van der Waals surface area contributed by atoms with Crippen molar-refractivity contribution >= 4 is 5.69 Å². The van der Waals surface area contributed by atoms with Gasteiger partial charge in [-0.05, 0) is 30.7 Å². The zero-order valence-corrected chi connectivity index (χ0v) is 11.4. The van der Waals surface area contributed by atoms with Crippen molar-refractivity contribution in [3.05, 3.63) is 29.8 Å². The predicted molar refractivity (Wildman–Crippen MR) is 73.7 cm³/mol. The maximum Gasteiger partial charge on any atom is 0.0657 e. The average Bonchev–Trinajstić information content (AvgIpc) is 2.34. The van der Waals surface area contributed by atoms with Gasteiger partial charge in [0.2, 0.25) is 0 Å². The fraction of sp³-hybridized carbons (Fsp3) is 0.571. The van der Waals surface area contributed by atoms with E-state index in [9.17, 15) is 0 Å². The van der Waals surface area contributed by atoms with Gasteiger partial charge in [-0.25, -0.2) is 0 Å². The Morgan fingerprint density at radius 3 is 2.35 bits per heavy atom. The molecule has 96 valence electrons. The Morgan fingerprint density at radius 2 is 1.88 bits per heavy atom. The highest BCUT2D eigenvalue weighted by Gasteiger charge is 2.10. The summed E-state index contributed by atoms with van der Waals surface area (Å²) in [6.07, 6.45) is 1.13. The molecule has 1 atom stereocenters. The number of nitrogens with one attached hydrogen (secondary N) is 1. The van der Waals surface area contributed by atoms with Crippen LogP contribution in [0.25, 0.3) is 0 Å². The Balaban J connectivity index is 2.72. The van der Waals surface area contributed by atoms with Crippen LogP contribution < -0.4 is 10.2 Å². The molecule has 1 aromatic rings. The minimum atomic E-state index is 0.288. The smallest absolute Gasteiger partial charge is 0.0657 e. The van der Waals surface area contributed by atoms with Gasteiger partial charge in [-0.3, -0.25) is 0 Å². The average molecular weight is 236 g/mol. The van der Waals surface area contributed by atoms with Crippen LogP contribution >= 0.6 is 0 Å². The van der Waals surface area contributed by atoms with Gasteiger partial charge in [0.15, 0.2) is 0 Å². The summed E-state index contributed by atoms with van der Waals surface area (Å²) in [6.45, 7) is 3.90. The van der Waals surface area contributed by atoms with E-state index in [-0.39, 0.29) is 6.04 Å². The molecule has 1 aromatic carbocycles. The van der Waals surface area contributed by atoms with Gasteiger partial charge in [-0.15, -0.1) is 0 Å². The lowest BCUT2D eigenvalue weighted by Gasteiger charge is -2.19. The van der Waals surface area contributed by atoms with Crippen LogP contribution in [0.1, 0.15) is 24.9 Å². The molecule has 1 unspecified atom stereocenters. The van der Waals surface area contributed by atoms with Crippen LogP contribution in [0.5, 0.6) is 0 Å². The van der Waals surface area contributed by atoms with E-state index < -0.39 is 0 Å². The summed E-state index contributed by atoms with van der Waals surface area (Å²) in [6, 6.07) is 8.91. The molecule has 0 spiro atoms. The highest BCUT2D eigenvalue weighted by molar-refractivity contribution is 5.46. The first-order chi connectivity index (χ1) is 8.19. The summed E-state index contributed by atoms with van der Waals surface area (Å²) < 4.78 is 5.26. The molecule has 0 bridgehead atoms. The van der Waals surface area contributed by atoms with Crippen molar-refractivity contribution in [3.63, 3.8) is 0 Å². The molecule has 1 N–H and O–H groups in total. The van der Waals surface area contributed by atoms with Crippen molar-refractivity contribution in [3.8, 4) is 0 Å². The second-order valence-electron chi connectivity index (χ2n) is 4.45. The van der Waals surface area contributed by atoms with E-state index in [4.69, 9.17) is 4.74 Å². The zero-order valence-electron chi connectivity index (χ0n) is 11.4. The van der Waals surface area contributed by atoms with Gasteiger partial charge in [-0.1, -0.05) is 19.1 Å². The van der Waals surface area contributed by atoms with Gasteiger partial charge in [0.05, 0.1) is 12.6 Å². The van der Waals surface area contributed by atoms with Crippen molar-refractivity contribution in [1.29, 1.82) is 0 Å². The van der Waals surface area contributed by atoms with E-state index in [1.54, 1.807) is 7.11 Å². The Bertz CT molecular complexity index is 309. The summed E-state index contributed by atoms with van der Waals surface area (Å²) >= 11 is 0. The highest BCUT2D eigenvalue weighted by Crippen LogP contribution is 2.18. The number of rotatable bonds is 7. The second-order valence-corrected chi connectivity index (χ2v) is 4.45. The lowest BCUT2D eigenvalue weighted by molar-refractivity contribution is 0.167. The van der Waals surface area contributed by atoms with E-state index in [0.29, 0.717) is 6.61 Å². The van der Waals surface area contributed by atoms with Crippen LogP contribution in [0.4, 0.5) is 5.69 Å². The van der Waals surface area contributed by atoms with Crippen LogP contribution in [0.15, 0.2) is 24.3 Å². The maximum absolute atomic E-state index is 5.26.